The number of nitrogens with zero attached hydrogens (tertiary/aromatic N) is 1. The lowest BCUT2D eigenvalue weighted by molar-refractivity contribution is -0.139. The van der Waals surface area contributed by atoms with Crippen LogP contribution < -0.4 is 10.6 Å². The van der Waals surface area contributed by atoms with Crippen LogP contribution in [0.2, 0.25) is 0 Å². The molecule has 112 valence electrons. The van der Waals surface area contributed by atoms with Gasteiger partial charge in [0.05, 0.1) is 11.6 Å². The molecule has 2 amide bonds. The van der Waals surface area contributed by atoms with Gasteiger partial charge in [-0.2, -0.15) is 17.0 Å². The van der Waals surface area contributed by atoms with E-state index in [-0.39, 0.29) is 6.54 Å². The van der Waals surface area contributed by atoms with Crippen LogP contribution >= 0.6 is 11.8 Å². The number of urea groups is 1. The lowest BCUT2D eigenvalue weighted by Gasteiger charge is -2.14. The summed E-state index contributed by atoms with van der Waals surface area (Å²) < 4.78 is 0. The Morgan fingerprint density at radius 3 is 2.57 bits per heavy atom. The Kier molecular flexibility index (Phi) is 7.12. The summed E-state index contributed by atoms with van der Waals surface area (Å²) in [7, 11) is 0. The molecule has 0 aromatic heterocycles. The Balaban J connectivity index is 2.44. The predicted molar refractivity (Wildman–Crippen MR) is 81.0 cm³/mol. The second-order valence-electron chi connectivity index (χ2n) is 4.31. The van der Waals surface area contributed by atoms with Crippen LogP contribution in [0.4, 0.5) is 4.79 Å². The molecule has 1 rings (SSSR count). The largest absolute Gasteiger partial charge is 0.480 e. The highest BCUT2D eigenvalue weighted by Gasteiger charge is 2.18. The van der Waals surface area contributed by atoms with Crippen LogP contribution in [0, 0.1) is 11.3 Å². The second-order valence-corrected chi connectivity index (χ2v) is 5.29. The van der Waals surface area contributed by atoms with Crippen molar-refractivity contribution >= 4 is 23.8 Å². The molecule has 0 aliphatic carbocycles. The van der Waals surface area contributed by atoms with Gasteiger partial charge in [0.25, 0.3) is 0 Å². The predicted octanol–water partition coefficient (Wildman–Crippen LogP) is 1.56. The SMILES string of the molecule is CSCC[C@H](NC(=O)NCc1ccc(C#N)cc1)C(=O)O. The van der Waals surface area contributed by atoms with E-state index in [9.17, 15) is 9.59 Å². The summed E-state index contributed by atoms with van der Waals surface area (Å²) >= 11 is 1.53. The molecule has 0 spiro atoms. The molecule has 3 N–H and O–H groups in total. The number of carbonyl (C=O) groups is 2. The van der Waals surface area contributed by atoms with Crippen molar-refractivity contribution in [1.82, 2.24) is 10.6 Å². The maximum atomic E-state index is 11.7. The number of carboxylic acid groups (broad SMARTS) is 1. The first-order chi connectivity index (χ1) is 10.1. The van der Waals surface area contributed by atoms with Crippen molar-refractivity contribution in [3.05, 3.63) is 35.4 Å². The highest BCUT2D eigenvalue weighted by molar-refractivity contribution is 7.98. The fourth-order valence-electron chi connectivity index (χ4n) is 1.58. The van der Waals surface area contributed by atoms with E-state index in [1.807, 2.05) is 12.3 Å². The van der Waals surface area contributed by atoms with Gasteiger partial charge < -0.3 is 15.7 Å². The Labute approximate surface area is 127 Å². The fraction of sp³-hybridized carbons (Fsp3) is 0.357. The summed E-state index contributed by atoms with van der Waals surface area (Å²) in [6, 6.07) is 7.39. The van der Waals surface area contributed by atoms with Crippen molar-refractivity contribution in [3.63, 3.8) is 0 Å². The maximum Gasteiger partial charge on any atom is 0.326 e. The van der Waals surface area contributed by atoms with E-state index in [1.54, 1.807) is 24.3 Å². The number of carbonyl (C=O) groups excluding carboxylic acids is 1. The van der Waals surface area contributed by atoms with Crippen molar-refractivity contribution in [2.24, 2.45) is 0 Å². The van der Waals surface area contributed by atoms with Gasteiger partial charge in [0.1, 0.15) is 6.04 Å². The minimum atomic E-state index is -1.04. The van der Waals surface area contributed by atoms with Crippen LogP contribution in [0.5, 0.6) is 0 Å². The van der Waals surface area contributed by atoms with Crippen LogP contribution in [0.15, 0.2) is 24.3 Å². The fourth-order valence-corrected chi connectivity index (χ4v) is 2.05. The number of nitriles is 1. The van der Waals surface area contributed by atoms with Crippen molar-refractivity contribution in [2.45, 2.75) is 19.0 Å². The van der Waals surface area contributed by atoms with Crippen molar-refractivity contribution < 1.29 is 14.7 Å². The first-order valence-corrected chi connectivity index (χ1v) is 7.71. The van der Waals surface area contributed by atoms with Gasteiger partial charge in [-0.15, -0.1) is 0 Å². The summed E-state index contributed by atoms with van der Waals surface area (Å²) in [5.41, 5.74) is 1.38. The molecular weight excluding hydrogens is 290 g/mol. The third kappa shape index (κ3) is 6.19. The normalized spacial score (nSPS) is 11.2. The molecule has 21 heavy (non-hydrogen) atoms. The van der Waals surface area contributed by atoms with Gasteiger partial charge in [-0.1, -0.05) is 12.1 Å². The van der Waals surface area contributed by atoms with E-state index in [2.05, 4.69) is 10.6 Å². The van der Waals surface area contributed by atoms with E-state index in [4.69, 9.17) is 10.4 Å². The van der Waals surface area contributed by atoms with Gasteiger partial charge in [0, 0.05) is 6.54 Å². The Bertz CT molecular complexity index is 525. The number of thioether (sulfide) groups is 1. The van der Waals surface area contributed by atoms with E-state index in [0.717, 1.165) is 5.56 Å². The molecular formula is C14H17N3O3S. The highest BCUT2D eigenvalue weighted by Crippen LogP contribution is 2.03. The highest BCUT2D eigenvalue weighted by atomic mass is 32.2. The minimum absolute atomic E-state index is 0.270. The summed E-state index contributed by atoms with van der Waals surface area (Å²) in [5.74, 6) is -0.384. The van der Waals surface area contributed by atoms with Gasteiger partial charge in [0.15, 0.2) is 0 Å². The smallest absolute Gasteiger partial charge is 0.326 e. The monoisotopic (exact) mass is 307 g/mol. The number of benzene rings is 1. The number of amides is 2. The lowest BCUT2D eigenvalue weighted by Crippen LogP contribution is -2.46. The number of carboxylic acids is 1. The van der Waals surface area contributed by atoms with Gasteiger partial charge in [-0.3, -0.25) is 0 Å². The first-order valence-electron chi connectivity index (χ1n) is 6.32. The average Bonchev–Trinajstić information content (AvgIpc) is 2.49. The zero-order valence-electron chi connectivity index (χ0n) is 11.6. The Hall–Kier alpha value is -2.20. The molecule has 1 aromatic rings. The number of aliphatic carboxylic acids is 1. The molecule has 1 atom stereocenters. The zero-order valence-corrected chi connectivity index (χ0v) is 12.4. The molecule has 7 heteroatoms. The molecule has 0 radical (unpaired) electrons. The summed E-state index contributed by atoms with van der Waals surface area (Å²) in [4.78, 5) is 22.7. The van der Waals surface area contributed by atoms with Crippen LogP contribution in [-0.2, 0) is 11.3 Å². The van der Waals surface area contributed by atoms with Gasteiger partial charge in [-0.05, 0) is 36.1 Å². The summed E-state index contributed by atoms with van der Waals surface area (Å²) in [6.45, 7) is 0.270. The third-order valence-corrected chi connectivity index (χ3v) is 3.39. The van der Waals surface area contributed by atoms with Gasteiger partial charge in [-0.25, -0.2) is 9.59 Å². The van der Waals surface area contributed by atoms with Crippen LogP contribution in [0.1, 0.15) is 17.5 Å². The molecule has 1 aromatic carbocycles. The molecule has 0 unspecified atom stereocenters. The molecule has 0 aliphatic heterocycles. The molecule has 0 saturated carbocycles. The standard InChI is InChI=1S/C14H17N3O3S/c1-21-7-6-12(13(18)19)17-14(20)16-9-11-4-2-10(8-15)3-5-11/h2-5,12H,6-7,9H2,1H3,(H,18,19)(H2,16,17,20)/t12-/m0/s1. The molecule has 0 fully saturated rings. The minimum Gasteiger partial charge on any atom is -0.480 e. The number of hydrogen-bond donors (Lipinski definition) is 3. The van der Waals surface area contributed by atoms with Crippen molar-refractivity contribution in [1.29, 1.82) is 5.26 Å². The van der Waals surface area contributed by atoms with Crippen LogP contribution in [0.3, 0.4) is 0 Å². The zero-order chi connectivity index (χ0) is 15.7. The van der Waals surface area contributed by atoms with E-state index < -0.39 is 18.0 Å². The summed E-state index contributed by atoms with van der Waals surface area (Å²) in [6.07, 6.45) is 2.25. The lowest BCUT2D eigenvalue weighted by atomic mass is 10.1. The molecule has 0 aliphatic rings. The van der Waals surface area contributed by atoms with Gasteiger partial charge in [0.2, 0.25) is 0 Å². The number of rotatable bonds is 7. The van der Waals surface area contributed by atoms with E-state index in [1.165, 1.54) is 11.8 Å². The van der Waals surface area contributed by atoms with Crippen molar-refractivity contribution in [2.75, 3.05) is 12.0 Å². The molecule has 0 bridgehead atoms. The second kappa shape index (κ2) is 8.87. The van der Waals surface area contributed by atoms with Crippen molar-refractivity contribution in [3.8, 4) is 6.07 Å². The average molecular weight is 307 g/mol. The van der Waals surface area contributed by atoms with Gasteiger partial charge >= 0.3 is 12.0 Å². The number of hydrogen-bond acceptors (Lipinski definition) is 4. The Morgan fingerprint density at radius 1 is 1.38 bits per heavy atom. The topological polar surface area (TPSA) is 102 Å². The quantitative estimate of drug-likeness (QED) is 0.709. The first kappa shape index (κ1) is 16.9. The van der Waals surface area contributed by atoms with Crippen LogP contribution in [-0.4, -0.2) is 35.2 Å². The van der Waals surface area contributed by atoms with E-state index in [0.29, 0.717) is 17.7 Å². The third-order valence-electron chi connectivity index (χ3n) is 2.75. The van der Waals surface area contributed by atoms with Crippen LogP contribution in [0.25, 0.3) is 0 Å². The maximum absolute atomic E-state index is 11.7. The molecule has 0 heterocycles. The summed E-state index contributed by atoms with van der Waals surface area (Å²) in [5, 5.41) is 22.7. The van der Waals surface area contributed by atoms with E-state index >= 15 is 0 Å². The number of nitrogens with one attached hydrogen (secondary N) is 2. The molecule has 6 nitrogen and oxygen atoms in total. The Morgan fingerprint density at radius 2 is 2.05 bits per heavy atom. The molecule has 0 saturated heterocycles.